The van der Waals surface area contributed by atoms with Crippen LogP contribution in [0.25, 0.3) is 0 Å². The average molecular weight is 277 g/mol. The van der Waals surface area contributed by atoms with Gasteiger partial charge in [0.1, 0.15) is 5.69 Å². The maximum atomic E-state index is 12.1. The van der Waals surface area contributed by atoms with Crippen molar-refractivity contribution < 1.29 is 9.53 Å². The van der Waals surface area contributed by atoms with Crippen molar-refractivity contribution in [3.05, 3.63) is 24.0 Å². The lowest BCUT2D eigenvalue weighted by molar-refractivity contribution is 0.0854. The predicted octanol–water partition coefficient (Wildman–Crippen LogP) is 1.84. The highest BCUT2D eigenvalue weighted by Gasteiger charge is 2.17. The van der Waals surface area contributed by atoms with Crippen molar-refractivity contribution in [1.82, 2.24) is 10.3 Å². The molecule has 0 saturated carbocycles. The molecule has 20 heavy (non-hydrogen) atoms. The minimum Gasteiger partial charge on any atom is -0.376 e. The van der Waals surface area contributed by atoms with Gasteiger partial charge in [-0.25, -0.2) is 0 Å². The maximum Gasteiger partial charge on any atom is 0.270 e. The van der Waals surface area contributed by atoms with E-state index in [9.17, 15) is 4.79 Å². The summed E-state index contributed by atoms with van der Waals surface area (Å²) >= 11 is 0. The van der Waals surface area contributed by atoms with Crippen molar-refractivity contribution >= 4 is 11.6 Å². The zero-order valence-corrected chi connectivity index (χ0v) is 12.3. The SMILES string of the molecule is CCN(CC)c1ccnc(C(=O)NCC2CCCO2)c1. The molecule has 5 nitrogen and oxygen atoms in total. The van der Waals surface area contributed by atoms with Crippen LogP contribution in [0.2, 0.25) is 0 Å². The van der Waals surface area contributed by atoms with E-state index in [1.165, 1.54) is 0 Å². The van der Waals surface area contributed by atoms with Crippen LogP contribution in [0.3, 0.4) is 0 Å². The Hall–Kier alpha value is -1.62. The van der Waals surface area contributed by atoms with E-state index in [1.807, 2.05) is 12.1 Å². The second-order valence-corrected chi connectivity index (χ2v) is 4.92. The van der Waals surface area contributed by atoms with E-state index in [0.717, 1.165) is 38.2 Å². The predicted molar refractivity (Wildman–Crippen MR) is 79.1 cm³/mol. The van der Waals surface area contributed by atoms with Crippen molar-refractivity contribution in [1.29, 1.82) is 0 Å². The third-order valence-corrected chi connectivity index (χ3v) is 3.62. The minimum atomic E-state index is -0.130. The molecule has 0 aromatic carbocycles. The molecule has 1 fully saturated rings. The zero-order valence-electron chi connectivity index (χ0n) is 12.3. The molecule has 1 aliphatic rings. The number of nitrogens with one attached hydrogen (secondary N) is 1. The molecule has 0 aliphatic carbocycles. The second kappa shape index (κ2) is 7.24. The number of hydrogen-bond donors (Lipinski definition) is 1. The van der Waals surface area contributed by atoms with Gasteiger partial charge in [-0.2, -0.15) is 0 Å². The molecule has 110 valence electrons. The fourth-order valence-corrected chi connectivity index (χ4v) is 2.43. The number of carbonyl (C=O) groups is 1. The van der Waals surface area contributed by atoms with Crippen LogP contribution in [0.1, 0.15) is 37.2 Å². The average Bonchev–Trinajstić information content (AvgIpc) is 3.00. The summed E-state index contributed by atoms with van der Waals surface area (Å²) in [6.07, 6.45) is 3.95. The van der Waals surface area contributed by atoms with Gasteiger partial charge < -0.3 is 15.0 Å². The number of ether oxygens (including phenoxy) is 1. The molecule has 5 heteroatoms. The van der Waals surface area contributed by atoms with Gasteiger partial charge in [-0.15, -0.1) is 0 Å². The molecule has 0 radical (unpaired) electrons. The van der Waals surface area contributed by atoms with Crippen molar-refractivity contribution in [2.24, 2.45) is 0 Å². The molecule has 2 heterocycles. The van der Waals surface area contributed by atoms with E-state index in [4.69, 9.17) is 4.74 Å². The standard InChI is InChI=1S/C15H23N3O2/c1-3-18(4-2)12-7-8-16-14(10-12)15(19)17-11-13-6-5-9-20-13/h7-8,10,13H,3-6,9,11H2,1-2H3,(H,17,19). The summed E-state index contributed by atoms with van der Waals surface area (Å²) in [6.45, 7) is 7.39. The largest absolute Gasteiger partial charge is 0.376 e. The first-order valence-corrected chi connectivity index (χ1v) is 7.35. The van der Waals surface area contributed by atoms with Crippen molar-refractivity contribution in [2.75, 3.05) is 31.1 Å². The van der Waals surface area contributed by atoms with Crippen LogP contribution in [0.5, 0.6) is 0 Å². The molecule has 1 saturated heterocycles. The lowest BCUT2D eigenvalue weighted by Gasteiger charge is -2.21. The molecule has 1 unspecified atom stereocenters. The van der Waals surface area contributed by atoms with E-state index in [0.29, 0.717) is 12.2 Å². The Morgan fingerprint density at radius 3 is 2.95 bits per heavy atom. The van der Waals surface area contributed by atoms with Gasteiger partial charge in [0.05, 0.1) is 6.10 Å². The second-order valence-electron chi connectivity index (χ2n) is 4.92. The molecule has 1 aliphatic heterocycles. The smallest absolute Gasteiger partial charge is 0.270 e. The summed E-state index contributed by atoms with van der Waals surface area (Å²) in [6, 6.07) is 3.78. The Labute approximate surface area is 120 Å². The quantitative estimate of drug-likeness (QED) is 0.862. The van der Waals surface area contributed by atoms with E-state index in [2.05, 4.69) is 29.0 Å². The van der Waals surface area contributed by atoms with Crippen LogP contribution in [-0.2, 0) is 4.74 Å². The fourth-order valence-electron chi connectivity index (χ4n) is 2.43. The summed E-state index contributed by atoms with van der Waals surface area (Å²) in [5.41, 5.74) is 1.50. The monoisotopic (exact) mass is 277 g/mol. The van der Waals surface area contributed by atoms with E-state index in [-0.39, 0.29) is 12.0 Å². The van der Waals surface area contributed by atoms with Crippen molar-refractivity contribution in [3.8, 4) is 0 Å². The van der Waals surface area contributed by atoms with Crippen LogP contribution >= 0.6 is 0 Å². The molecule has 1 N–H and O–H groups in total. The van der Waals surface area contributed by atoms with Gasteiger partial charge >= 0.3 is 0 Å². The molecule has 1 aromatic heterocycles. The molecule has 1 atom stereocenters. The van der Waals surface area contributed by atoms with Gasteiger partial charge in [0, 0.05) is 38.1 Å². The Kier molecular flexibility index (Phi) is 5.35. The molecular weight excluding hydrogens is 254 g/mol. The summed E-state index contributed by atoms with van der Waals surface area (Å²) in [5.74, 6) is -0.130. The van der Waals surface area contributed by atoms with Gasteiger partial charge in [0.15, 0.2) is 0 Å². The van der Waals surface area contributed by atoms with Crippen LogP contribution in [0, 0.1) is 0 Å². The minimum absolute atomic E-state index is 0.130. The molecule has 0 bridgehead atoms. The molecule has 0 spiro atoms. The summed E-state index contributed by atoms with van der Waals surface area (Å²) in [4.78, 5) is 18.5. The van der Waals surface area contributed by atoms with Gasteiger partial charge in [0.25, 0.3) is 5.91 Å². The maximum absolute atomic E-state index is 12.1. The lowest BCUT2D eigenvalue weighted by Crippen LogP contribution is -2.32. The normalized spacial score (nSPS) is 18.0. The highest BCUT2D eigenvalue weighted by molar-refractivity contribution is 5.93. The summed E-state index contributed by atoms with van der Waals surface area (Å²) in [5, 5.41) is 2.90. The summed E-state index contributed by atoms with van der Waals surface area (Å²) < 4.78 is 5.49. The van der Waals surface area contributed by atoms with Gasteiger partial charge in [-0.1, -0.05) is 0 Å². The third-order valence-electron chi connectivity index (χ3n) is 3.62. The van der Waals surface area contributed by atoms with Gasteiger partial charge in [-0.3, -0.25) is 9.78 Å². The molecular formula is C15H23N3O2. The van der Waals surface area contributed by atoms with Gasteiger partial charge in [0.2, 0.25) is 0 Å². The Morgan fingerprint density at radius 2 is 2.30 bits per heavy atom. The Morgan fingerprint density at radius 1 is 1.50 bits per heavy atom. The Bertz CT molecular complexity index is 440. The van der Waals surface area contributed by atoms with Crippen LogP contribution < -0.4 is 10.2 Å². The lowest BCUT2D eigenvalue weighted by atomic mass is 10.2. The molecule has 2 rings (SSSR count). The van der Waals surface area contributed by atoms with Crippen LogP contribution in [-0.4, -0.2) is 43.2 Å². The highest BCUT2D eigenvalue weighted by atomic mass is 16.5. The highest BCUT2D eigenvalue weighted by Crippen LogP contribution is 2.14. The summed E-state index contributed by atoms with van der Waals surface area (Å²) in [7, 11) is 0. The molecule has 1 amide bonds. The number of aromatic nitrogens is 1. The first-order valence-electron chi connectivity index (χ1n) is 7.35. The number of nitrogens with zero attached hydrogens (tertiary/aromatic N) is 2. The first-order chi connectivity index (χ1) is 9.74. The number of hydrogen-bond acceptors (Lipinski definition) is 4. The van der Waals surface area contributed by atoms with E-state index in [1.54, 1.807) is 6.20 Å². The topological polar surface area (TPSA) is 54.5 Å². The van der Waals surface area contributed by atoms with Crippen LogP contribution in [0.4, 0.5) is 5.69 Å². The number of pyridine rings is 1. The van der Waals surface area contributed by atoms with Crippen molar-refractivity contribution in [3.63, 3.8) is 0 Å². The Balaban J connectivity index is 1.96. The van der Waals surface area contributed by atoms with E-state index < -0.39 is 0 Å². The third kappa shape index (κ3) is 3.70. The van der Waals surface area contributed by atoms with Gasteiger partial charge in [-0.05, 0) is 38.8 Å². The van der Waals surface area contributed by atoms with Crippen LogP contribution in [0.15, 0.2) is 18.3 Å². The number of rotatable bonds is 6. The number of carbonyl (C=O) groups excluding carboxylic acids is 1. The van der Waals surface area contributed by atoms with Crippen molar-refractivity contribution in [2.45, 2.75) is 32.8 Å². The first kappa shape index (κ1) is 14.8. The number of amides is 1. The zero-order chi connectivity index (χ0) is 14.4. The molecule has 1 aromatic rings. The number of anilines is 1. The van der Waals surface area contributed by atoms with E-state index >= 15 is 0 Å². The fraction of sp³-hybridized carbons (Fsp3) is 0.600.